The second kappa shape index (κ2) is 10.1. The quantitative estimate of drug-likeness (QED) is 0.703. The number of ether oxygens (including phenoxy) is 1. The number of nitrogens with zero attached hydrogens (tertiary/aromatic N) is 2. The molecular weight excluding hydrogens is 358 g/mol. The van der Waals surface area contributed by atoms with Gasteiger partial charge in [-0.25, -0.2) is 0 Å². The van der Waals surface area contributed by atoms with E-state index in [9.17, 15) is 14.4 Å². The van der Waals surface area contributed by atoms with E-state index in [-0.39, 0.29) is 31.8 Å². The van der Waals surface area contributed by atoms with Crippen molar-refractivity contribution in [2.75, 3.05) is 20.1 Å². The first-order chi connectivity index (χ1) is 13.4. The molecule has 0 saturated carbocycles. The highest BCUT2D eigenvalue weighted by Crippen LogP contribution is 2.18. The highest BCUT2D eigenvalue weighted by atomic mass is 16.5. The Morgan fingerprint density at radius 2 is 1.89 bits per heavy atom. The normalized spacial score (nSPS) is 11.3. The molecule has 2 amide bonds. The van der Waals surface area contributed by atoms with E-state index in [1.54, 1.807) is 0 Å². The molecule has 0 unspecified atom stereocenters. The van der Waals surface area contributed by atoms with Crippen LogP contribution in [0.25, 0.3) is 10.8 Å². The third-order valence-corrected chi connectivity index (χ3v) is 4.25. The summed E-state index contributed by atoms with van der Waals surface area (Å²) < 4.78 is 5.06. The van der Waals surface area contributed by atoms with Gasteiger partial charge in [0.2, 0.25) is 5.91 Å². The standard InChI is InChI=1S/C21H23N3O4/c1-15(21(27)24(2)12-6-11-22)28-20(26)14-23-19(25)13-17-9-5-8-16-7-3-4-10-18(16)17/h3-5,7-10,15H,6,12-14H2,1-2H3,(H,23,25)/t15-/m0/s1. The summed E-state index contributed by atoms with van der Waals surface area (Å²) in [7, 11) is 1.54. The van der Waals surface area contributed by atoms with Crippen LogP contribution in [-0.4, -0.2) is 48.9 Å². The summed E-state index contributed by atoms with van der Waals surface area (Å²) in [6.07, 6.45) is -0.640. The number of benzene rings is 2. The lowest BCUT2D eigenvalue weighted by Crippen LogP contribution is -2.40. The predicted molar refractivity (Wildman–Crippen MR) is 104 cm³/mol. The van der Waals surface area contributed by atoms with Gasteiger partial charge >= 0.3 is 5.97 Å². The number of carbonyl (C=O) groups is 3. The lowest BCUT2D eigenvalue weighted by Gasteiger charge is -2.20. The number of hydrogen-bond acceptors (Lipinski definition) is 5. The van der Waals surface area contributed by atoms with E-state index in [4.69, 9.17) is 10.00 Å². The molecule has 0 radical (unpaired) electrons. The molecule has 0 aliphatic carbocycles. The van der Waals surface area contributed by atoms with Crippen molar-refractivity contribution >= 4 is 28.6 Å². The molecule has 2 aromatic rings. The van der Waals surface area contributed by atoms with E-state index >= 15 is 0 Å². The molecule has 0 bridgehead atoms. The molecule has 7 nitrogen and oxygen atoms in total. The van der Waals surface area contributed by atoms with Crippen LogP contribution in [0.2, 0.25) is 0 Å². The molecule has 0 aliphatic heterocycles. The van der Waals surface area contributed by atoms with Gasteiger partial charge in [0.15, 0.2) is 6.10 Å². The highest BCUT2D eigenvalue weighted by Gasteiger charge is 2.21. The van der Waals surface area contributed by atoms with Gasteiger partial charge in [0.25, 0.3) is 5.91 Å². The van der Waals surface area contributed by atoms with Crippen molar-refractivity contribution in [2.45, 2.75) is 25.9 Å². The monoisotopic (exact) mass is 381 g/mol. The molecule has 2 aromatic carbocycles. The Balaban J connectivity index is 1.83. The van der Waals surface area contributed by atoms with Crippen molar-refractivity contribution < 1.29 is 19.1 Å². The van der Waals surface area contributed by atoms with Gasteiger partial charge in [0.1, 0.15) is 6.54 Å². The molecule has 28 heavy (non-hydrogen) atoms. The van der Waals surface area contributed by atoms with Gasteiger partial charge in [-0.2, -0.15) is 5.26 Å². The Hall–Kier alpha value is -3.40. The number of carbonyl (C=O) groups excluding carboxylic acids is 3. The lowest BCUT2D eigenvalue weighted by atomic mass is 10.0. The zero-order chi connectivity index (χ0) is 20.5. The van der Waals surface area contributed by atoms with Crippen LogP contribution in [-0.2, 0) is 25.5 Å². The van der Waals surface area contributed by atoms with Crippen molar-refractivity contribution in [3.63, 3.8) is 0 Å². The molecule has 1 atom stereocenters. The minimum Gasteiger partial charge on any atom is -0.451 e. The van der Waals surface area contributed by atoms with E-state index in [0.29, 0.717) is 0 Å². The average Bonchev–Trinajstić information content (AvgIpc) is 2.70. The zero-order valence-corrected chi connectivity index (χ0v) is 16.0. The maximum Gasteiger partial charge on any atom is 0.326 e. The molecule has 0 saturated heterocycles. The Labute approximate surface area is 163 Å². The molecule has 0 aliphatic rings. The summed E-state index contributed by atoms with van der Waals surface area (Å²) in [6, 6.07) is 15.4. The molecule has 0 heterocycles. The largest absolute Gasteiger partial charge is 0.451 e. The van der Waals surface area contributed by atoms with Crippen LogP contribution < -0.4 is 5.32 Å². The number of esters is 1. The average molecular weight is 381 g/mol. The zero-order valence-electron chi connectivity index (χ0n) is 16.0. The fourth-order valence-corrected chi connectivity index (χ4v) is 2.78. The van der Waals surface area contributed by atoms with Crippen molar-refractivity contribution in [1.29, 1.82) is 5.26 Å². The molecule has 7 heteroatoms. The number of rotatable bonds is 8. The first-order valence-corrected chi connectivity index (χ1v) is 8.97. The number of hydrogen-bond donors (Lipinski definition) is 1. The van der Waals surface area contributed by atoms with E-state index in [0.717, 1.165) is 16.3 Å². The van der Waals surface area contributed by atoms with E-state index in [1.165, 1.54) is 18.9 Å². The third-order valence-electron chi connectivity index (χ3n) is 4.25. The van der Waals surface area contributed by atoms with Crippen molar-refractivity contribution in [1.82, 2.24) is 10.2 Å². The second-order valence-electron chi connectivity index (χ2n) is 6.39. The fourth-order valence-electron chi connectivity index (χ4n) is 2.78. The van der Waals surface area contributed by atoms with Gasteiger partial charge in [-0.15, -0.1) is 0 Å². The van der Waals surface area contributed by atoms with Crippen LogP contribution in [0.3, 0.4) is 0 Å². The van der Waals surface area contributed by atoms with Gasteiger partial charge in [0, 0.05) is 13.6 Å². The van der Waals surface area contributed by atoms with Crippen LogP contribution >= 0.6 is 0 Å². The number of nitrogens with one attached hydrogen (secondary N) is 1. The van der Waals surface area contributed by atoms with Crippen LogP contribution in [0, 0.1) is 11.3 Å². The van der Waals surface area contributed by atoms with Crippen LogP contribution in [0.5, 0.6) is 0 Å². The molecule has 0 spiro atoms. The molecular formula is C21H23N3O4. The van der Waals surface area contributed by atoms with Gasteiger partial charge in [-0.3, -0.25) is 14.4 Å². The Morgan fingerprint density at radius 1 is 1.18 bits per heavy atom. The van der Waals surface area contributed by atoms with Gasteiger partial charge in [-0.05, 0) is 23.3 Å². The summed E-state index contributed by atoms with van der Waals surface area (Å²) in [5, 5.41) is 13.1. The minimum absolute atomic E-state index is 0.139. The number of nitriles is 1. The lowest BCUT2D eigenvalue weighted by molar-refractivity contribution is -0.158. The van der Waals surface area contributed by atoms with Gasteiger partial charge in [-0.1, -0.05) is 42.5 Å². The molecule has 2 rings (SSSR count). The summed E-state index contributed by atoms with van der Waals surface area (Å²) in [5.74, 6) is -1.40. The summed E-state index contributed by atoms with van der Waals surface area (Å²) in [6.45, 7) is 1.41. The maximum absolute atomic E-state index is 12.2. The Kier molecular flexibility index (Phi) is 7.52. The summed E-state index contributed by atoms with van der Waals surface area (Å²) in [5.41, 5.74) is 0.867. The molecule has 146 valence electrons. The number of likely N-dealkylation sites (N-methyl/N-ethyl adjacent to an activating group) is 1. The van der Waals surface area contributed by atoms with Crippen molar-refractivity contribution in [3.8, 4) is 6.07 Å². The van der Waals surface area contributed by atoms with Crippen LogP contribution in [0.15, 0.2) is 42.5 Å². The van der Waals surface area contributed by atoms with Gasteiger partial charge < -0.3 is 15.0 Å². The Bertz CT molecular complexity index is 899. The first-order valence-electron chi connectivity index (χ1n) is 8.97. The molecule has 0 aromatic heterocycles. The van der Waals surface area contributed by atoms with Crippen molar-refractivity contribution in [2.24, 2.45) is 0 Å². The number of amides is 2. The summed E-state index contributed by atoms with van der Waals surface area (Å²) >= 11 is 0. The predicted octanol–water partition coefficient (Wildman–Crippen LogP) is 1.80. The van der Waals surface area contributed by atoms with E-state index in [1.807, 2.05) is 48.5 Å². The minimum atomic E-state index is -0.980. The number of fused-ring (bicyclic) bond motifs is 1. The Morgan fingerprint density at radius 3 is 2.64 bits per heavy atom. The molecule has 1 N–H and O–H groups in total. The third kappa shape index (κ3) is 5.81. The summed E-state index contributed by atoms with van der Waals surface area (Å²) in [4.78, 5) is 37.5. The van der Waals surface area contributed by atoms with E-state index < -0.39 is 18.0 Å². The van der Waals surface area contributed by atoms with Crippen LogP contribution in [0.4, 0.5) is 0 Å². The maximum atomic E-state index is 12.2. The topological polar surface area (TPSA) is 99.5 Å². The molecule has 0 fully saturated rings. The fraction of sp³-hybridized carbons (Fsp3) is 0.333. The highest BCUT2D eigenvalue weighted by molar-refractivity contribution is 5.91. The smallest absolute Gasteiger partial charge is 0.326 e. The van der Waals surface area contributed by atoms with Crippen molar-refractivity contribution in [3.05, 3.63) is 48.0 Å². The SMILES string of the molecule is C[C@H](OC(=O)CNC(=O)Cc1cccc2ccccc12)C(=O)N(C)CCC#N. The van der Waals surface area contributed by atoms with Crippen LogP contribution in [0.1, 0.15) is 18.9 Å². The first kappa shape index (κ1) is 20.9. The van der Waals surface area contributed by atoms with Gasteiger partial charge in [0.05, 0.1) is 18.9 Å². The van der Waals surface area contributed by atoms with E-state index in [2.05, 4.69) is 5.32 Å². The second-order valence-corrected chi connectivity index (χ2v) is 6.39.